The Bertz CT molecular complexity index is 1810. The van der Waals surface area contributed by atoms with Crippen LogP contribution in [0.1, 0.15) is 53.9 Å². The fraction of sp³-hybridized carbons (Fsp3) is 0.212. The van der Waals surface area contributed by atoms with E-state index in [4.69, 9.17) is 18.9 Å². The molecule has 0 unspecified atom stereocenters. The van der Waals surface area contributed by atoms with E-state index in [1.54, 1.807) is 56.5 Å². The van der Waals surface area contributed by atoms with E-state index in [2.05, 4.69) is 18.9 Å². The van der Waals surface area contributed by atoms with E-state index in [-0.39, 0.29) is 17.4 Å². The zero-order valence-corrected chi connectivity index (χ0v) is 23.7. The minimum atomic E-state index is -0.371. The largest absolute Gasteiger partial charge is 0.496 e. The number of carbonyl (C=O) groups is 1. The van der Waals surface area contributed by atoms with Crippen LogP contribution in [-0.2, 0) is 4.74 Å². The van der Waals surface area contributed by atoms with Crippen LogP contribution >= 0.6 is 0 Å². The number of carbonyl (C=O) groups excluding carboxylic acids is 1. The molecule has 2 aromatic heterocycles. The van der Waals surface area contributed by atoms with Crippen molar-refractivity contribution >= 4 is 23.1 Å². The van der Waals surface area contributed by atoms with Gasteiger partial charge in [-0.2, -0.15) is 9.78 Å². The molecule has 0 amide bonds. The number of methoxy groups -OCH3 is 1. The van der Waals surface area contributed by atoms with Crippen molar-refractivity contribution in [2.45, 2.75) is 33.6 Å². The molecule has 0 bridgehead atoms. The molecule has 208 valence electrons. The summed E-state index contributed by atoms with van der Waals surface area (Å²) < 4.78 is 18.0. The molecular formula is C33H31N3O5. The Labute approximate surface area is 237 Å². The maximum absolute atomic E-state index is 13.7. The van der Waals surface area contributed by atoms with Crippen LogP contribution in [0.3, 0.4) is 0 Å². The van der Waals surface area contributed by atoms with Gasteiger partial charge in [0.2, 0.25) is 0 Å². The van der Waals surface area contributed by atoms with E-state index in [9.17, 15) is 9.59 Å². The Hall–Kier alpha value is -4.98. The van der Waals surface area contributed by atoms with Gasteiger partial charge in [0.1, 0.15) is 17.3 Å². The predicted octanol–water partition coefficient (Wildman–Crippen LogP) is 6.82. The molecule has 0 fully saturated rings. The summed E-state index contributed by atoms with van der Waals surface area (Å²) in [6.45, 7) is 8.23. The van der Waals surface area contributed by atoms with Gasteiger partial charge in [0.05, 0.1) is 36.4 Å². The number of hydrogen-bond donors (Lipinski definition) is 0. The highest BCUT2D eigenvalue weighted by Crippen LogP contribution is 2.34. The van der Waals surface area contributed by atoms with Crippen LogP contribution in [0.4, 0.5) is 0 Å². The van der Waals surface area contributed by atoms with E-state index in [0.717, 1.165) is 28.0 Å². The number of aryl methyl sites for hydroxylation is 1. The number of nitrogens with zero attached hydrogens (tertiary/aromatic N) is 3. The zero-order valence-electron chi connectivity index (χ0n) is 23.7. The molecule has 3 aromatic carbocycles. The molecule has 0 saturated heterocycles. The van der Waals surface area contributed by atoms with Gasteiger partial charge < -0.3 is 13.9 Å². The first kappa shape index (κ1) is 27.6. The Morgan fingerprint density at radius 2 is 1.83 bits per heavy atom. The standard InChI is InChI=1S/C33H31N3O5/c1-6-40-33(38)23-13-11-22(12-14-23)29-16-15-24(41-29)19-34-36-31(35-28-10-8-7-9-25(28)32(36)37)27-18-26(20(2)3)30(39-5)17-21(27)4/h7-20H,6H2,1-5H3. The Morgan fingerprint density at radius 3 is 2.54 bits per heavy atom. The van der Waals surface area contributed by atoms with Gasteiger partial charge in [0, 0.05) is 11.1 Å². The third-order valence-corrected chi connectivity index (χ3v) is 6.80. The number of ether oxygens (including phenoxy) is 2. The smallest absolute Gasteiger partial charge is 0.338 e. The van der Waals surface area contributed by atoms with Gasteiger partial charge in [-0.1, -0.05) is 38.1 Å². The number of aromatic nitrogens is 2. The van der Waals surface area contributed by atoms with Crippen LogP contribution in [0.5, 0.6) is 5.75 Å². The van der Waals surface area contributed by atoms with Crippen LogP contribution in [0.15, 0.2) is 87.1 Å². The van der Waals surface area contributed by atoms with Crippen LogP contribution in [0, 0.1) is 6.92 Å². The van der Waals surface area contributed by atoms with E-state index in [1.165, 1.54) is 10.9 Å². The van der Waals surface area contributed by atoms with E-state index in [1.807, 2.05) is 37.3 Å². The van der Waals surface area contributed by atoms with Gasteiger partial charge in [-0.3, -0.25) is 4.79 Å². The lowest BCUT2D eigenvalue weighted by Gasteiger charge is -2.17. The SMILES string of the molecule is CCOC(=O)c1ccc(-c2ccc(C=Nn3c(-c4cc(C(C)C)c(OC)cc4C)nc4ccccc4c3=O)o2)cc1. The average Bonchev–Trinajstić information content (AvgIpc) is 3.45. The fourth-order valence-electron chi connectivity index (χ4n) is 4.65. The molecule has 8 nitrogen and oxygen atoms in total. The molecule has 0 saturated carbocycles. The number of fused-ring (bicyclic) bond motifs is 1. The maximum Gasteiger partial charge on any atom is 0.338 e. The second-order valence-electron chi connectivity index (χ2n) is 9.88. The lowest BCUT2D eigenvalue weighted by Crippen LogP contribution is -2.20. The summed E-state index contributed by atoms with van der Waals surface area (Å²) in [6.07, 6.45) is 1.50. The average molecular weight is 550 g/mol. The molecule has 5 rings (SSSR count). The number of para-hydroxylation sites is 1. The second-order valence-corrected chi connectivity index (χ2v) is 9.88. The fourth-order valence-corrected chi connectivity index (χ4v) is 4.65. The normalized spacial score (nSPS) is 11.5. The molecule has 5 aromatic rings. The molecule has 0 aliphatic heterocycles. The van der Waals surface area contributed by atoms with Crippen LogP contribution in [0.25, 0.3) is 33.6 Å². The lowest BCUT2D eigenvalue weighted by atomic mass is 9.96. The van der Waals surface area contributed by atoms with Crippen molar-refractivity contribution in [3.05, 3.63) is 106 Å². The first-order chi connectivity index (χ1) is 19.8. The molecule has 0 aliphatic rings. The summed E-state index contributed by atoms with van der Waals surface area (Å²) in [4.78, 5) is 30.5. The van der Waals surface area contributed by atoms with Crippen LogP contribution in [-0.4, -0.2) is 35.6 Å². The Kier molecular flexibility index (Phi) is 7.83. The minimum absolute atomic E-state index is 0.196. The summed E-state index contributed by atoms with van der Waals surface area (Å²) >= 11 is 0. The number of rotatable bonds is 8. The van der Waals surface area contributed by atoms with Gasteiger partial charge in [-0.05, 0) is 79.4 Å². The van der Waals surface area contributed by atoms with Gasteiger partial charge in [0.25, 0.3) is 5.56 Å². The zero-order chi connectivity index (χ0) is 29.1. The van der Waals surface area contributed by atoms with Gasteiger partial charge >= 0.3 is 5.97 Å². The lowest BCUT2D eigenvalue weighted by molar-refractivity contribution is 0.0526. The topological polar surface area (TPSA) is 95.9 Å². The molecule has 8 heteroatoms. The number of furan rings is 1. The molecule has 41 heavy (non-hydrogen) atoms. The number of benzene rings is 3. The molecule has 2 heterocycles. The summed E-state index contributed by atoms with van der Waals surface area (Å²) in [7, 11) is 1.65. The maximum atomic E-state index is 13.7. The van der Waals surface area contributed by atoms with Crippen molar-refractivity contribution in [1.82, 2.24) is 9.66 Å². The number of esters is 1. The van der Waals surface area contributed by atoms with Gasteiger partial charge in [-0.15, -0.1) is 0 Å². The number of hydrogen-bond acceptors (Lipinski definition) is 7. The van der Waals surface area contributed by atoms with Crippen molar-refractivity contribution in [2.24, 2.45) is 5.10 Å². The van der Waals surface area contributed by atoms with E-state index >= 15 is 0 Å². The highest BCUT2D eigenvalue weighted by Gasteiger charge is 2.18. The van der Waals surface area contributed by atoms with E-state index < -0.39 is 0 Å². The van der Waals surface area contributed by atoms with Gasteiger partial charge in [-0.25, -0.2) is 9.78 Å². The highest BCUT2D eigenvalue weighted by atomic mass is 16.5. The van der Waals surface area contributed by atoms with Crippen LogP contribution < -0.4 is 10.3 Å². The van der Waals surface area contributed by atoms with Crippen LogP contribution in [0.2, 0.25) is 0 Å². The minimum Gasteiger partial charge on any atom is -0.496 e. The van der Waals surface area contributed by atoms with Crippen molar-refractivity contribution in [3.63, 3.8) is 0 Å². The molecular weight excluding hydrogens is 518 g/mol. The van der Waals surface area contributed by atoms with Crippen molar-refractivity contribution in [3.8, 4) is 28.5 Å². The summed E-state index contributed by atoms with van der Waals surface area (Å²) in [6, 6.07) is 21.8. The molecule has 0 aliphatic carbocycles. The monoisotopic (exact) mass is 549 g/mol. The molecule has 0 N–H and O–H groups in total. The Balaban J connectivity index is 1.56. The summed E-state index contributed by atoms with van der Waals surface area (Å²) in [5.41, 5.74) is 4.26. The second kappa shape index (κ2) is 11.6. The Morgan fingerprint density at radius 1 is 1.07 bits per heavy atom. The molecule has 0 spiro atoms. The quantitative estimate of drug-likeness (QED) is 0.156. The van der Waals surface area contributed by atoms with Crippen molar-refractivity contribution < 1.29 is 18.7 Å². The third kappa shape index (κ3) is 5.54. The first-order valence-electron chi connectivity index (χ1n) is 13.4. The molecule has 0 radical (unpaired) electrons. The third-order valence-electron chi connectivity index (χ3n) is 6.80. The first-order valence-corrected chi connectivity index (χ1v) is 13.4. The van der Waals surface area contributed by atoms with Gasteiger partial charge in [0.15, 0.2) is 5.82 Å². The highest BCUT2D eigenvalue weighted by molar-refractivity contribution is 5.90. The molecule has 0 atom stereocenters. The van der Waals surface area contributed by atoms with Crippen molar-refractivity contribution in [2.75, 3.05) is 13.7 Å². The predicted molar refractivity (Wildman–Crippen MR) is 160 cm³/mol. The summed E-state index contributed by atoms with van der Waals surface area (Å²) in [5, 5.41) is 5.02. The van der Waals surface area contributed by atoms with E-state index in [0.29, 0.717) is 40.4 Å². The summed E-state index contributed by atoms with van der Waals surface area (Å²) in [5.74, 6) is 2.09. The van der Waals surface area contributed by atoms with Crippen molar-refractivity contribution in [1.29, 1.82) is 0 Å².